The molecule has 1 aromatic heterocycles. The fourth-order valence-corrected chi connectivity index (χ4v) is 4.68. The van der Waals surface area contributed by atoms with Crippen LogP contribution in [0.3, 0.4) is 0 Å². The van der Waals surface area contributed by atoms with E-state index in [9.17, 15) is 14.0 Å². The molecule has 7 heteroatoms. The molecule has 0 unspecified atom stereocenters. The van der Waals surface area contributed by atoms with E-state index in [1.54, 1.807) is 35.2 Å². The number of carbonyl (C=O) groups is 1. The van der Waals surface area contributed by atoms with Gasteiger partial charge in [0.05, 0.1) is 36.6 Å². The van der Waals surface area contributed by atoms with Gasteiger partial charge in [-0.05, 0) is 49.7 Å². The minimum atomic E-state index is -0.588. The highest BCUT2D eigenvalue weighted by atomic mass is 79.9. The molecule has 2 heterocycles. The Balaban J connectivity index is 1.80. The Labute approximate surface area is 188 Å². The summed E-state index contributed by atoms with van der Waals surface area (Å²) in [6, 6.07) is 10.6. The van der Waals surface area contributed by atoms with Crippen LogP contribution in [0, 0.1) is 5.82 Å². The van der Waals surface area contributed by atoms with Gasteiger partial charge in [-0.25, -0.2) is 4.39 Å². The molecule has 0 radical (unpaired) electrons. The molecule has 162 valence electrons. The van der Waals surface area contributed by atoms with Crippen molar-refractivity contribution in [3.8, 4) is 0 Å². The third kappa shape index (κ3) is 4.04. The number of carbonyl (C=O) groups excluding carboxylic acids is 1. The predicted molar refractivity (Wildman–Crippen MR) is 121 cm³/mol. The zero-order valence-electron chi connectivity index (χ0n) is 17.6. The Kier molecular flexibility index (Phi) is 6.25. The van der Waals surface area contributed by atoms with Crippen LogP contribution in [0.5, 0.6) is 0 Å². The summed E-state index contributed by atoms with van der Waals surface area (Å²) in [5, 5.41) is 0.419. The standard InChI is InChI=1S/C24H24BrFN2O3/c1-3-27(4-2)12-5-13-28-21(15-6-9-17(26)10-7-15)20-22(29)18-14-16(25)8-11-19(18)31-23(20)24(28)30/h6-11,14,21H,3-5,12-13H2,1-2H3/p+1/t21-/m0/s1. The van der Waals surface area contributed by atoms with E-state index in [2.05, 4.69) is 29.8 Å². The number of hydrogen-bond donors (Lipinski definition) is 1. The van der Waals surface area contributed by atoms with E-state index in [0.29, 0.717) is 28.6 Å². The van der Waals surface area contributed by atoms with Gasteiger partial charge in [0.15, 0.2) is 5.43 Å². The van der Waals surface area contributed by atoms with Gasteiger partial charge >= 0.3 is 0 Å². The lowest BCUT2D eigenvalue weighted by Crippen LogP contribution is -3.11. The highest BCUT2D eigenvalue weighted by molar-refractivity contribution is 9.10. The second kappa shape index (κ2) is 8.93. The molecule has 0 aliphatic carbocycles. The highest BCUT2D eigenvalue weighted by Crippen LogP contribution is 2.38. The van der Waals surface area contributed by atoms with E-state index in [1.165, 1.54) is 17.0 Å². The second-order valence-corrected chi connectivity index (χ2v) is 8.74. The molecular weight excluding hydrogens is 463 g/mol. The molecule has 1 amide bonds. The molecule has 31 heavy (non-hydrogen) atoms. The van der Waals surface area contributed by atoms with Gasteiger partial charge in [0.2, 0.25) is 5.76 Å². The maximum absolute atomic E-state index is 13.6. The average Bonchev–Trinajstić information content (AvgIpc) is 3.04. The third-order valence-corrected chi connectivity index (χ3v) is 6.54. The van der Waals surface area contributed by atoms with Crippen molar-refractivity contribution in [1.82, 2.24) is 4.90 Å². The average molecular weight is 488 g/mol. The summed E-state index contributed by atoms with van der Waals surface area (Å²) in [6.07, 6.45) is 0.799. The van der Waals surface area contributed by atoms with Crippen LogP contribution in [0.1, 0.15) is 48.0 Å². The van der Waals surface area contributed by atoms with Gasteiger partial charge in [0, 0.05) is 17.4 Å². The molecule has 1 aliphatic heterocycles. The van der Waals surface area contributed by atoms with Crippen LogP contribution in [0.4, 0.5) is 4.39 Å². The molecule has 0 bridgehead atoms. The van der Waals surface area contributed by atoms with Gasteiger partial charge in [-0.2, -0.15) is 0 Å². The van der Waals surface area contributed by atoms with E-state index < -0.39 is 6.04 Å². The first-order valence-corrected chi connectivity index (χ1v) is 11.4. The minimum absolute atomic E-state index is 0.0873. The maximum atomic E-state index is 13.6. The van der Waals surface area contributed by atoms with Gasteiger partial charge in [0.25, 0.3) is 5.91 Å². The fraction of sp³-hybridized carbons (Fsp3) is 0.333. The number of nitrogens with zero attached hydrogens (tertiary/aromatic N) is 1. The smallest absolute Gasteiger partial charge is 0.290 e. The first-order chi connectivity index (χ1) is 14.9. The second-order valence-electron chi connectivity index (χ2n) is 7.83. The lowest BCUT2D eigenvalue weighted by Gasteiger charge is -2.26. The molecule has 1 aliphatic rings. The van der Waals surface area contributed by atoms with Crippen molar-refractivity contribution in [2.45, 2.75) is 26.3 Å². The fourth-order valence-electron chi connectivity index (χ4n) is 4.32. The van der Waals surface area contributed by atoms with Gasteiger partial charge in [-0.15, -0.1) is 0 Å². The van der Waals surface area contributed by atoms with Crippen molar-refractivity contribution in [1.29, 1.82) is 0 Å². The number of nitrogens with one attached hydrogen (secondary N) is 1. The number of halogens is 2. The van der Waals surface area contributed by atoms with Crippen LogP contribution in [0.25, 0.3) is 11.0 Å². The first kappa shape index (κ1) is 21.7. The summed E-state index contributed by atoms with van der Waals surface area (Å²) in [6.45, 7) is 7.75. The van der Waals surface area contributed by atoms with E-state index in [-0.39, 0.29) is 22.9 Å². The minimum Gasteiger partial charge on any atom is -0.450 e. The maximum Gasteiger partial charge on any atom is 0.290 e. The van der Waals surface area contributed by atoms with Crippen molar-refractivity contribution >= 4 is 32.8 Å². The van der Waals surface area contributed by atoms with Gasteiger partial charge < -0.3 is 14.2 Å². The van der Waals surface area contributed by atoms with Crippen molar-refractivity contribution < 1.29 is 18.5 Å². The van der Waals surface area contributed by atoms with Gasteiger partial charge in [0.1, 0.15) is 11.4 Å². The Morgan fingerprint density at radius 3 is 2.48 bits per heavy atom. The molecule has 0 fully saturated rings. The van der Waals surface area contributed by atoms with Gasteiger partial charge in [-0.1, -0.05) is 28.1 Å². The van der Waals surface area contributed by atoms with E-state index >= 15 is 0 Å². The number of rotatable bonds is 7. The molecule has 4 rings (SSSR count). The summed E-state index contributed by atoms with van der Waals surface area (Å²) in [5.41, 5.74) is 1.19. The molecular formula is C24H25BrFN2O3+. The Morgan fingerprint density at radius 1 is 1.10 bits per heavy atom. The van der Waals surface area contributed by atoms with Crippen molar-refractivity contribution in [2.24, 2.45) is 0 Å². The number of hydrogen-bond acceptors (Lipinski definition) is 3. The van der Waals surface area contributed by atoms with Crippen molar-refractivity contribution in [3.63, 3.8) is 0 Å². The molecule has 1 N–H and O–H groups in total. The molecule has 0 saturated heterocycles. The normalized spacial score (nSPS) is 15.8. The summed E-state index contributed by atoms with van der Waals surface area (Å²) >= 11 is 3.40. The summed E-state index contributed by atoms with van der Waals surface area (Å²) in [5.74, 6) is -0.565. The van der Waals surface area contributed by atoms with Crippen LogP contribution < -0.4 is 10.3 Å². The summed E-state index contributed by atoms with van der Waals surface area (Å²) in [7, 11) is 0. The lowest BCUT2D eigenvalue weighted by molar-refractivity contribution is -0.896. The largest absolute Gasteiger partial charge is 0.450 e. The molecule has 5 nitrogen and oxygen atoms in total. The zero-order valence-corrected chi connectivity index (χ0v) is 19.2. The van der Waals surface area contributed by atoms with Gasteiger partial charge in [-0.3, -0.25) is 9.59 Å². The van der Waals surface area contributed by atoms with Crippen LogP contribution in [-0.2, 0) is 0 Å². The highest BCUT2D eigenvalue weighted by Gasteiger charge is 2.42. The molecule has 1 atom stereocenters. The number of quaternary nitrogens is 1. The molecule has 0 saturated carbocycles. The third-order valence-electron chi connectivity index (χ3n) is 6.04. The number of fused-ring (bicyclic) bond motifs is 2. The molecule has 2 aromatic carbocycles. The quantitative estimate of drug-likeness (QED) is 0.554. The Morgan fingerprint density at radius 2 is 1.81 bits per heavy atom. The molecule has 3 aromatic rings. The predicted octanol–water partition coefficient (Wildman–Crippen LogP) is 3.55. The van der Waals surface area contributed by atoms with Crippen LogP contribution in [0.15, 0.2) is 56.1 Å². The number of amides is 1. The summed E-state index contributed by atoms with van der Waals surface area (Å²) < 4.78 is 20.3. The van der Waals surface area contributed by atoms with E-state index in [0.717, 1.165) is 30.5 Å². The molecule has 0 spiro atoms. The van der Waals surface area contributed by atoms with Crippen LogP contribution >= 0.6 is 15.9 Å². The SMILES string of the molecule is CC[NH+](CC)CCCN1C(=O)c2oc3ccc(Br)cc3c(=O)c2[C@@H]1c1ccc(F)cc1. The first-order valence-electron chi connectivity index (χ1n) is 10.6. The monoisotopic (exact) mass is 487 g/mol. The van der Waals surface area contributed by atoms with Crippen molar-refractivity contribution in [2.75, 3.05) is 26.2 Å². The van der Waals surface area contributed by atoms with Crippen LogP contribution in [0.2, 0.25) is 0 Å². The van der Waals surface area contributed by atoms with Crippen LogP contribution in [-0.4, -0.2) is 37.0 Å². The summed E-state index contributed by atoms with van der Waals surface area (Å²) in [4.78, 5) is 29.9. The topological polar surface area (TPSA) is 55.0 Å². The van der Waals surface area contributed by atoms with E-state index in [1.807, 2.05) is 0 Å². The zero-order chi connectivity index (χ0) is 22.1. The lowest BCUT2D eigenvalue weighted by atomic mass is 9.98. The Hall–Kier alpha value is -2.51. The van der Waals surface area contributed by atoms with Crippen molar-refractivity contribution in [3.05, 3.63) is 79.9 Å². The Bertz CT molecular complexity index is 1170. The number of benzene rings is 2. The van der Waals surface area contributed by atoms with E-state index in [4.69, 9.17) is 4.42 Å².